The van der Waals surface area contributed by atoms with Crippen LogP contribution in [0, 0.1) is 12.7 Å². The summed E-state index contributed by atoms with van der Waals surface area (Å²) in [5.74, 6) is -1.83. The van der Waals surface area contributed by atoms with Crippen LogP contribution in [0.4, 0.5) is 10.1 Å². The standard InChI is InChI=1S/C16H12FNO3/c1-9-5-11(17)7-13-14(9)18(16(21)15(13)20)8-10-3-2-4-12(19)6-10/h2-7,19H,8H2,1H3. The molecule has 21 heavy (non-hydrogen) atoms. The molecule has 1 aliphatic heterocycles. The number of phenols is 1. The zero-order valence-electron chi connectivity index (χ0n) is 11.3. The number of hydrogen-bond donors (Lipinski definition) is 1. The molecule has 0 atom stereocenters. The van der Waals surface area contributed by atoms with Gasteiger partial charge in [-0.3, -0.25) is 9.59 Å². The highest BCUT2D eigenvalue weighted by atomic mass is 19.1. The lowest BCUT2D eigenvalue weighted by molar-refractivity contribution is -0.114. The van der Waals surface area contributed by atoms with Gasteiger partial charge in [0.15, 0.2) is 0 Å². The first-order valence-corrected chi connectivity index (χ1v) is 6.41. The van der Waals surface area contributed by atoms with Crippen molar-refractivity contribution >= 4 is 17.4 Å². The van der Waals surface area contributed by atoms with Crippen molar-refractivity contribution in [3.63, 3.8) is 0 Å². The van der Waals surface area contributed by atoms with Gasteiger partial charge >= 0.3 is 0 Å². The number of amides is 1. The molecule has 0 aromatic heterocycles. The van der Waals surface area contributed by atoms with E-state index in [1.807, 2.05) is 0 Å². The molecule has 0 unspecified atom stereocenters. The summed E-state index contributed by atoms with van der Waals surface area (Å²) in [7, 11) is 0. The van der Waals surface area contributed by atoms with Crippen LogP contribution in [-0.2, 0) is 11.3 Å². The number of hydrogen-bond acceptors (Lipinski definition) is 3. The van der Waals surface area contributed by atoms with Gasteiger partial charge in [-0.05, 0) is 42.3 Å². The Bertz CT molecular complexity index is 770. The second-order valence-corrected chi connectivity index (χ2v) is 5.01. The first kappa shape index (κ1) is 13.3. The van der Waals surface area contributed by atoms with Crippen LogP contribution < -0.4 is 4.90 Å². The summed E-state index contributed by atoms with van der Waals surface area (Å²) in [5, 5.41) is 9.47. The molecule has 0 aliphatic carbocycles. The first-order chi connectivity index (χ1) is 9.97. The summed E-state index contributed by atoms with van der Waals surface area (Å²) in [6.07, 6.45) is 0. The van der Waals surface area contributed by atoms with Crippen LogP contribution >= 0.6 is 0 Å². The maximum atomic E-state index is 13.4. The highest BCUT2D eigenvalue weighted by Crippen LogP contribution is 2.34. The van der Waals surface area contributed by atoms with E-state index in [0.29, 0.717) is 16.8 Å². The van der Waals surface area contributed by atoms with Gasteiger partial charge in [-0.2, -0.15) is 0 Å². The van der Waals surface area contributed by atoms with Crippen molar-refractivity contribution < 1.29 is 19.1 Å². The monoisotopic (exact) mass is 285 g/mol. The number of aromatic hydroxyl groups is 1. The number of halogens is 1. The zero-order valence-corrected chi connectivity index (χ0v) is 11.3. The van der Waals surface area contributed by atoms with E-state index in [2.05, 4.69) is 0 Å². The van der Waals surface area contributed by atoms with Crippen LogP contribution in [0.3, 0.4) is 0 Å². The lowest BCUT2D eigenvalue weighted by Gasteiger charge is -2.18. The van der Waals surface area contributed by atoms with Crippen molar-refractivity contribution in [1.29, 1.82) is 0 Å². The van der Waals surface area contributed by atoms with E-state index in [4.69, 9.17) is 0 Å². The molecule has 1 amide bonds. The van der Waals surface area contributed by atoms with E-state index < -0.39 is 17.5 Å². The zero-order chi connectivity index (χ0) is 15.1. The highest BCUT2D eigenvalue weighted by molar-refractivity contribution is 6.52. The Morgan fingerprint density at radius 3 is 2.67 bits per heavy atom. The van der Waals surface area contributed by atoms with Gasteiger partial charge in [-0.25, -0.2) is 4.39 Å². The summed E-state index contributed by atoms with van der Waals surface area (Å²) < 4.78 is 13.4. The van der Waals surface area contributed by atoms with Gasteiger partial charge in [-0.15, -0.1) is 0 Å². The summed E-state index contributed by atoms with van der Waals surface area (Å²) in [5.41, 5.74) is 1.75. The summed E-state index contributed by atoms with van der Waals surface area (Å²) >= 11 is 0. The van der Waals surface area contributed by atoms with E-state index in [-0.39, 0.29) is 17.9 Å². The van der Waals surface area contributed by atoms with Crippen molar-refractivity contribution in [2.75, 3.05) is 4.90 Å². The Hall–Kier alpha value is -2.69. The number of anilines is 1. The van der Waals surface area contributed by atoms with Crippen LogP contribution in [-0.4, -0.2) is 16.8 Å². The Labute approximate surface area is 120 Å². The fourth-order valence-corrected chi connectivity index (χ4v) is 2.59. The number of fused-ring (bicyclic) bond motifs is 1. The molecule has 1 heterocycles. The van der Waals surface area contributed by atoms with Crippen molar-refractivity contribution in [2.24, 2.45) is 0 Å². The van der Waals surface area contributed by atoms with Gasteiger partial charge in [0, 0.05) is 0 Å². The van der Waals surface area contributed by atoms with Crippen molar-refractivity contribution in [2.45, 2.75) is 13.5 Å². The third-order valence-electron chi connectivity index (χ3n) is 3.47. The van der Waals surface area contributed by atoms with E-state index in [1.54, 1.807) is 19.1 Å². The molecule has 0 bridgehead atoms. The Morgan fingerprint density at radius 2 is 1.95 bits per heavy atom. The number of aryl methyl sites for hydroxylation is 1. The molecule has 1 N–H and O–H groups in total. The predicted octanol–water partition coefficient (Wildman–Crippen LogP) is 2.57. The number of ketones is 1. The Balaban J connectivity index is 2.05. The van der Waals surface area contributed by atoms with Crippen LogP contribution in [0.1, 0.15) is 21.5 Å². The minimum atomic E-state index is -0.701. The lowest BCUT2D eigenvalue weighted by atomic mass is 10.1. The van der Waals surface area contributed by atoms with E-state index in [1.165, 1.54) is 23.1 Å². The maximum Gasteiger partial charge on any atom is 0.299 e. The molecular weight excluding hydrogens is 273 g/mol. The van der Waals surface area contributed by atoms with E-state index >= 15 is 0 Å². The molecule has 0 saturated carbocycles. The summed E-state index contributed by atoms with van der Waals surface area (Å²) in [6, 6.07) is 8.83. The van der Waals surface area contributed by atoms with E-state index in [0.717, 1.165) is 6.07 Å². The van der Waals surface area contributed by atoms with Gasteiger partial charge in [0.25, 0.3) is 11.7 Å². The van der Waals surface area contributed by atoms with E-state index in [9.17, 15) is 19.1 Å². The smallest absolute Gasteiger partial charge is 0.299 e. The third kappa shape index (κ3) is 2.16. The van der Waals surface area contributed by atoms with Crippen LogP contribution in [0.2, 0.25) is 0 Å². The largest absolute Gasteiger partial charge is 0.508 e. The minimum absolute atomic E-state index is 0.0847. The molecule has 0 saturated heterocycles. The topological polar surface area (TPSA) is 57.6 Å². The number of benzene rings is 2. The molecular formula is C16H12FNO3. The summed E-state index contributed by atoms with van der Waals surface area (Å²) in [6.45, 7) is 1.81. The van der Waals surface area contributed by atoms with Crippen LogP contribution in [0.5, 0.6) is 5.75 Å². The van der Waals surface area contributed by atoms with Crippen molar-refractivity contribution in [3.8, 4) is 5.75 Å². The molecule has 0 spiro atoms. The van der Waals surface area contributed by atoms with Crippen LogP contribution in [0.15, 0.2) is 36.4 Å². The van der Waals surface area contributed by atoms with Gasteiger partial charge in [0.05, 0.1) is 17.8 Å². The molecule has 1 aliphatic rings. The number of nitrogens with zero attached hydrogens (tertiary/aromatic N) is 1. The van der Waals surface area contributed by atoms with Gasteiger partial charge in [0.2, 0.25) is 0 Å². The highest BCUT2D eigenvalue weighted by Gasteiger charge is 2.37. The van der Waals surface area contributed by atoms with Gasteiger partial charge in [0.1, 0.15) is 11.6 Å². The average molecular weight is 285 g/mol. The number of carbonyl (C=O) groups excluding carboxylic acids is 2. The van der Waals surface area contributed by atoms with Crippen LogP contribution in [0.25, 0.3) is 0 Å². The fourth-order valence-electron chi connectivity index (χ4n) is 2.59. The number of phenolic OH excluding ortho intramolecular Hbond substituents is 1. The molecule has 106 valence electrons. The second-order valence-electron chi connectivity index (χ2n) is 5.01. The average Bonchev–Trinajstić information content (AvgIpc) is 2.64. The number of carbonyl (C=O) groups is 2. The van der Waals surface area contributed by atoms with Crippen molar-refractivity contribution in [3.05, 3.63) is 58.9 Å². The normalized spacial score (nSPS) is 13.7. The molecule has 5 heteroatoms. The molecule has 4 nitrogen and oxygen atoms in total. The maximum absolute atomic E-state index is 13.4. The van der Waals surface area contributed by atoms with Gasteiger partial charge in [-0.1, -0.05) is 12.1 Å². The van der Waals surface area contributed by atoms with Gasteiger partial charge < -0.3 is 10.0 Å². The SMILES string of the molecule is Cc1cc(F)cc2c1N(Cc1cccc(O)c1)C(=O)C2=O. The summed E-state index contributed by atoms with van der Waals surface area (Å²) in [4.78, 5) is 25.4. The molecule has 0 fully saturated rings. The van der Waals surface area contributed by atoms with Crippen molar-refractivity contribution in [1.82, 2.24) is 0 Å². The Morgan fingerprint density at radius 1 is 1.19 bits per heavy atom. The third-order valence-corrected chi connectivity index (χ3v) is 3.47. The number of rotatable bonds is 2. The molecule has 2 aromatic rings. The number of Topliss-reactive ketones (excluding diaryl/α,β-unsaturated/α-hetero) is 1. The first-order valence-electron chi connectivity index (χ1n) is 6.41. The predicted molar refractivity (Wildman–Crippen MR) is 74.8 cm³/mol. The quantitative estimate of drug-likeness (QED) is 0.863. The molecule has 0 radical (unpaired) electrons. The fraction of sp³-hybridized carbons (Fsp3) is 0.125. The lowest BCUT2D eigenvalue weighted by Crippen LogP contribution is -2.29. The molecule has 3 rings (SSSR count). The minimum Gasteiger partial charge on any atom is -0.508 e. The second kappa shape index (κ2) is 4.70. The Kier molecular flexibility index (Phi) is 2.97. The molecule has 2 aromatic carbocycles.